The van der Waals surface area contributed by atoms with Crippen molar-refractivity contribution < 1.29 is 4.74 Å². The Hall–Kier alpha value is -4.37. The third kappa shape index (κ3) is 2.90. The Kier molecular flexibility index (Phi) is 4.26. The molecule has 0 saturated carbocycles. The molecule has 0 saturated heterocycles. The van der Waals surface area contributed by atoms with Crippen molar-refractivity contribution >= 4 is 0 Å². The number of rotatable bonds is 3. The second-order valence-corrected chi connectivity index (χ2v) is 6.94. The standard InChI is InChI=1S/C24H17N5O/c25-14-18-20(19-8-4-5-13-27-19)21-22(28-29-24(21)30-23(18)26)17-11-9-16(10-12-17)15-6-2-1-3-7-15/h1-13,20H,26H2,(H,28,29)/t20-/m0/s1. The van der Waals surface area contributed by atoms with Gasteiger partial charge in [0.25, 0.3) is 0 Å². The molecule has 0 spiro atoms. The van der Waals surface area contributed by atoms with Crippen LogP contribution >= 0.6 is 0 Å². The van der Waals surface area contributed by atoms with Gasteiger partial charge >= 0.3 is 0 Å². The molecule has 0 fully saturated rings. The summed E-state index contributed by atoms with van der Waals surface area (Å²) in [5.74, 6) is -0.0371. The Bertz CT molecular complexity index is 1270. The van der Waals surface area contributed by atoms with Crippen molar-refractivity contribution in [2.75, 3.05) is 0 Å². The van der Waals surface area contributed by atoms with Crippen LogP contribution in [0.5, 0.6) is 5.88 Å². The molecule has 2 aromatic heterocycles. The summed E-state index contributed by atoms with van der Waals surface area (Å²) in [6, 6.07) is 26.1. The highest BCUT2D eigenvalue weighted by Gasteiger charge is 2.36. The molecule has 6 nitrogen and oxygen atoms in total. The van der Waals surface area contributed by atoms with Gasteiger partial charge in [-0.2, -0.15) is 5.26 Å². The van der Waals surface area contributed by atoms with Gasteiger partial charge < -0.3 is 10.5 Å². The van der Waals surface area contributed by atoms with Crippen LogP contribution in [-0.2, 0) is 0 Å². The number of nitrogens with zero attached hydrogens (tertiary/aromatic N) is 3. The van der Waals surface area contributed by atoms with E-state index in [1.54, 1.807) is 6.20 Å². The van der Waals surface area contributed by atoms with Crippen molar-refractivity contribution in [3.05, 3.63) is 102 Å². The Balaban J connectivity index is 1.62. The van der Waals surface area contributed by atoms with Gasteiger partial charge in [-0.1, -0.05) is 60.7 Å². The van der Waals surface area contributed by atoms with E-state index in [9.17, 15) is 5.26 Å². The molecule has 3 N–H and O–H groups in total. The van der Waals surface area contributed by atoms with E-state index in [0.717, 1.165) is 27.9 Å². The molecule has 1 aliphatic heterocycles. The molecule has 5 rings (SSSR count). The number of allylic oxidation sites excluding steroid dienone is 1. The van der Waals surface area contributed by atoms with Gasteiger partial charge in [-0.3, -0.25) is 10.1 Å². The van der Waals surface area contributed by atoms with E-state index in [-0.39, 0.29) is 5.88 Å². The first-order valence-electron chi connectivity index (χ1n) is 9.49. The lowest BCUT2D eigenvalue weighted by molar-refractivity contribution is 0.378. The summed E-state index contributed by atoms with van der Waals surface area (Å²) in [6.45, 7) is 0. The van der Waals surface area contributed by atoms with Gasteiger partial charge in [0.15, 0.2) is 0 Å². The van der Waals surface area contributed by atoms with Crippen molar-refractivity contribution in [1.29, 1.82) is 5.26 Å². The number of ether oxygens (including phenoxy) is 1. The second-order valence-electron chi connectivity index (χ2n) is 6.94. The van der Waals surface area contributed by atoms with E-state index in [1.165, 1.54) is 0 Å². The number of nitrogens with two attached hydrogens (primary N) is 1. The predicted molar refractivity (Wildman–Crippen MR) is 113 cm³/mol. The fourth-order valence-corrected chi connectivity index (χ4v) is 3.77. The lowest BCUT2D eigenvalue weighted by Gasteiger charge is -2.23. The minimum absolute atomic E-state index is 0.0538. The maximum Gasteiger partial charge on any atom is 0.244 e. The molecular weight excluding hydrogens is 374 g/mol. The number of hydrogen-bond acceptors (Lipinski definition) is 5. The summed E-state index contributed by atoms with van der Waals surface area (Å²) >= 11 is 0. The van der Waals surface area contributed by atoms with E-state index in [4.69, 9.17) is 10.5 Å². The monoisotopic (exact) mass is 391 g/mol. The molecule has 2 aromatic carbocycles. The van der Waals surface area contributed by atoms with E-state index < -0.39 is 5.92 Å². The number of pyridine rings is 1. The number of hydrogen-bond donors (Lipinski definition) is 2. The zero-order chi connectivity index (χ0) is 20.5. The first kappa shape index (κ1) is 17.7. The van der Waals surface area contributed by atoms with Crippen LogP contribution in [0, 0.1) is 11.3 Å². The number of benzene rings is 2. The van der Waals surface area contributed by atoms with Crippen LogP contribution < -0.4 is 10.5 Å². The van der Waals surface area contributed by atoms with Gasteiger partial charge in [0, 0.05) is 11.8 Å². The summed E-state index contributed by atoms with van der Waals surface area (Å²) in [5.41, 5.74) is 11.8. The van der Waals surface area contributed by atoms with Gasteiger partial charge in [0.05, 0.1) is 22.9 Å². The number of nitrogens with one attached hydrogen (secondary N) is 1. The molecule has 0 bridgehead atoms. The summed E-state index contributed by atoms with van der Waals surface area (Å²) < 4.78 is 5.65. The maximum absolute atomic E-state index is 9.75. The molecule has 144 valence electrons. The van der Waals surface area contributed by atoms with Crippen LogP contribution in [0.1, 0.15) is 17.2 Å². The number of aromatic nitrogens is 3. The lowest BCUT2D eigenvalue weighted by atomic mass is 9.85. The molecule has 30 heavy (non-hydrogen) atoms. The number of nitriles is 1. The number of aromatic amines is 1. The van der Waals surface area contributed by atoms with Gasteiger partial charge in [0.1, 0.15) is 11.6 Å². The fraction of sp³-hybridized carbons (Fsp3) is 0.0417. The molecule has 4 aromatic rings. The first-order valence-corrected chi connectivity index (χ1v) is 9.49. The maximum atomic E-state index is 9.75. The highest BCUT2D eigenvalue weighted by molar-refractivity contribution is 5.73. The average molecular weight is 391 g/mol. The van der Waals surface area contributed by atoms with E-state index >= 15 is 0 Å². The van der Waals surface area contributed by atoms with E-state index in [2.05, 4.69) is 45.5 Å². The van der Waals surface area contributed by atoms with Gasteiger partial charge in [-0.15, -0.1) is 5.10 Å². The third-order valence-corrected chi connectivity index (χ3v) is 5.20. The number of H-pyrrole nitrogens is 1. The first-order chi connectivity index (χ1) is 14.8. The van der Waals surface area contributed by atoms with Crippen molar-refractivity contribution in [3.63, 3.8) is 0 Å². The van der Waals surface area contributed by atoms with Gasteiger partial charge in [0.2, 0.25) is 11.8 Å². The minimum atomic E-state index is -0.456. The third-order valence-electron chi connectivity index (χ3n) is 5.20. The van der Waals surface area contributed by atoms with E-state index in [0.29, 0.717) is 17.1 Å². The normalized spacial score (nSPS) is 15.2. The summed E-state index contributed by atoms with van der Waals surface area (Å²) in [5, 5.41) is 17.1. The van der Waals surface area contributed by atoms with Crippen LogP contribution in [0.15, 0.2) is 90.4 Å². The second kappa shape index (κ2) is 7.22. The van der Waals surface area contributed by atoms with E-state index in [1.807, 2.05) is 48.5 Å². The molecular formula is C24H17N5O. The molecule has 0 amide bonds. The zero-order valence-electron chi connectivity index (χ0n) is 15.9. The smallest absolute Gasteiger partial charge is 0.244 e. The average Bonchev–Trinajstić information content (AvgIpc) is 3.22. The molecule has 0 aliphatic carbocycles. The van der Waals surface area contributed by atoms with Crippen LogP contribution in [0.3, 0.4) is 0 Å². The van der Waals surface area contributed by atoms with Crippen molar-refractivity contribution in [1.82, 2.24) is 15.2 Å². The Labute approximate surface area is 173 Å². The topological polar surface area (TPSA) is 101 Å². The van der Waals surface area contributed by atoms with Gasteiger partial charge in [-0.25, -0.2) is 0 Å². The van der Waals surface area contributed by atoms with Crippen LogP contribution in [0.4, 0.5) is 0 Å². The highest BCUT2D eigenvalue weighted by atomic mass is 16.5. The summed E-state index contributed by atoms with van der Waals surface area (Å²) in [6.07, 6.45) is 1.70. The van der Waals surface area contributed by atoms with Crippen LogP contribution in [-0.4, -0.2) is 15.2 Å². The zero-order valence-corrected chi connectivity index (χ0v) is 15.9. The SMILES string of the molecule is N#CC1=C(N)Oc2n[nH]c(-c3ccc(-c4ccccc4)cc3)c2[C@@H]1c1ccccn1. The Morgan fingerprint density at radius 3 is 2.30 bits per heavy atom. The summed E-state index contributed by atoms with van der Waals surface area (Å²) in [7, 11) is 0. The molecule has 1 aliphatic rings. The Morgan fingerprint density at radius 2 is 1.60 bits per heavy atom. The fourth-order valence-electron chi connectivity index (χ4n) is 3.77. The Morgan fingerprint density at radius 1 is 0.900 bits per heavy atom. The lowest BCUT2D eigenvalue weighted by Crippen LogP contribution is -2.21. The molecule has 6 heteroatoms. The predicted octanol–water partition coefficient (Wildman–Crippen LogP) is 4.36. The van der Waals surface area contributed by atoms with Crippen molar-refractivity contribution in [2.24, 2.45) is 5.73 Å². The minimum Gasteiger partial charge on any atom is -0.420 e. The van der Waals surface area contributed by atoms with Crippen LogP contribution in [0.2, 0.25) is 0 Å². The quantitative estimate of drug-likeness (QED) is 0.540. The highest BCUT2D eigenvalue weighted by Crippen LogP contribution is 2.45. The molecule has 1 atom stereocenters. The summed E-state index contributed by atoms with van der Waals surface area (Å²) in [4.78, 5) is 4.46. The molecule has 0 unspecified atom stereocenters. The molecule has 3 heterocycles. The van der Waals surface area contributed by atoms with Crippen molar-refractivity contribution in [2.45, 2.75) is 5.92 Å². The van der Waals surface area contributed by atoms with Gasteiger partial charge in [-0.05, 0) is 23.3 Å². The molecule has 0 radical (unpaired) electrons. The van der Waals surface area contributed by atoms with Crippen molar-refractivity contribution in [3.8, 4) is 34.3 Å². The van der Waals surface area contributed by atoms with Crippen LogP contribution in [0.25, 0.3) is 22.4 Å². The number of fused-ring (bicyclic) bond motifs is 1. The largest absolute Gasteiger partial charge is 0.420 e.